The molecule has 2 heterocycles. The van der Waals surface area contributed by atoms with Gasteiger partial charge in [-0.15, -0.1) is 11.3 Å². The van der Waals surface area contributed by atoms with Gasteiger partial charge in [0.1, 0.15) is 4.83 Å². The Morgan fingerprint density at radius 1 is 1.32 bits per heavy atom. The van der Waals surface area contributed by atoms with E-state index in [4.69, 9.17) is 11.6 Å². The quantitative estimate of drug-likeness (QED) is 0.688. The van der Waals surface area contributed by atoms with Gasteiger partial charge in [0.2, 0.25) is 0 Å². The van der Waals surface area contributed by atoms with E-state index in [0.717, 1.165) is 11.1 Å². The van der Waals surface area contributed by atoms with Crippen molar-refractivity contribution >= 4 is 38.9 Å². The molecule has 0 aliphatic rings. The molecule has 3 aromatic rings. The molecule has 0 radical (unpaired) electrons. The second kappa shape index (κ2) is 5.66. The summed E-state index contributed by atoms with van der Waals surface area (Å²) < 4.78 is 1.55. The summed E-state index contributed by atoms with van der Waals surface area (Å²) in [7, 11) is 0. The number of fused-ring (bicyclic) bond motifs is 1. The first-order valence-corrected chi connectivity index (χ1v) is 7.90. The van der Waals surface area contributed by atoms with E-state index >= 15 is 0 Å². The Bertz CT molecular complexity index is 926. The molecule has 6 heteroatoms. The fourth-order valence-corrected chi connectivity index (χ4v) is 3.55. The molecule has 0 aliphatic carbocycles. The van der Waals surface area contributed by atoms with Crippen LogP contribution in [0.25, 0.3) is 10.2 Å². The Morgan fingerprint density at radius 3 is 2.64 bits per heavy atom. The molecule has 0 unspecified atom stereocenters. The van der Waals surface area contributed by atoms with Gasteiger partial charge in [0.15, 0.2) is 5.78 Å². The molecule has 0 atom stereocenters. The van der Waals surface area contributed by atoms with E-state index in [1.807, 2.05) is 12.1 Å². The molecule has 3 rings (SSSR count). The Morgan fingerprint density at radius 2 is 2.00 bits per heavy atom. The zero-order valence-electron chi connectivity index (χ0n) is 12.1. The standard InChI is InChI=1S/C16H13ClN2O2S/c1-9-13-15(22-14(9)10(2)20)18-8-19(16(13)21)7-11-3-5-12(17)6-4-11/h3-6,8H,7H2,1-2H3. The largest absolute Gasteiger partial charge is 0.294 e. The number of Topliss-reactive ketones (excluding diaryl/α,β-unsaturated/α-hetero) is 1. The minimum Gasteiger partial charge on any atom is -0.294 e. The maximum Gasteiger partial charge on any atom is 0.262 e. The second-order valence-corrected chi connectivity index (χ2v) is 6.53. The van der Waals surface area contributed by atoms with Crippen LogP contribution in [0.4, 0.5) is 0 Å². The molecule has 2 aromatic heterocycles. The van der Waals surface area contributed by atoms with E-state index in [0.29, 0.717) is 26.7 Å². The molecule has 1 aromatic carbocycles. The maximum atomic E-state index is 12.6. The molecule has 0 saturated heterocycles. The first-order chi connectivity index (χ1) is 10.5. The van der Waals surface area contributed by atoms with E-state index in [2.05, 4.69) is 4.98 Å². The highest BCUT2D eigenvalue weighted by Gasteiger charge is 2.16. The molecule has 112 valence electrons. The van der Waals surface area contributed by atoms with Crippen molar-refractivity contribution in [2.75, 3.05) is 0 Å². The molecule has 0 fully saturated rings. The minimum absolute atomic E-state index is 0.0378. The number of nitrogens with zero attached hydrogens (tertiary/aromatic N) is 2. The number of ketones is 1. The van der Waals surface area contributed by atoms with Gasteiger partial charge < -0.3 is 0 Å². The lowest BCUT2D eigenvalue weighted by Gasteiger charge is -2.05. The molecule has 4 nitrogen and oxygen atoms in total. The van der Waals surface area contributed by atoms with Crippen LogP contribution in [0.15, 0.2) is 35.4 Å². The number of hydrogen-bond donors (Lipinski definition) is 0. The van der Waals surface area contributed by atoms with Gasteiger partial charge in [0.25, 0.3) is 5.56 Å². The van der Waals surface area contributed by atoms with E-state index in [1.54, 1.807) is 23.6 Å². The van der Waals surface area contributed by atoms with Crippen LogP contribution in [0.1, 0.15) is 27.7 Å². The zero-order valence-corrected chi connectivity index (χ0v) is 13.7. The summed E-state index contributed by atoms with van der Waals surface area (Å²) in [6, 6.07) is 7.33. The number of hydrogen-bond acceptors (Lipinski definition) is 4. The molecule has 0 aliphatic heterocycles. The van der Waals surface area contributed by atoms with Crippen LogP contribution < -0.4 is 5.56 Å². The van der Waals surface area contributed by atoms with Gasteiger partial charge in [-0.25, -0.2) is 4.98 Å². The smallest absolute Gasteiger partial charge is 0.262 e. The van der Waals surface area contributed by atoms with Gasteiger partial charge in [0.05, 0.1) is 23.1 Å². The van der Waals surface area contributed by atoms with Gasteiger partial charge in [0, 0.05) is 5.02 Å². The van der Waals surface area contributed by atoms with Crippen molar-refractivity contribution in [3.63, 3.8) is 0 Å². The van der Waals surface area contributed by atoms with Crippen LogP contribution in [-0.2, 0) is 6.54 Å². The van der Waals surface area contributed by atoms with Crippen molar-refractivity contribution in [1.82, 2.24) is 9.55 Å². The number of carbonyl (C=O) groups excluding carboxylic acids is 1. The van der Waals surface area contributed by atoms with Crippen LogP contribution in [-0.4, -0.2) is 15.3 Å². The fourth-order valence-electron chi connectivity index (χ4n) is 2.39. The summed E-state index contributed by atoms with van der Waals surface area (Å²) in [4.78, 5) is 29.8. The van der Waals surface area contributed by atoms with Gasteiger partial charge >= 0.3 is 0 Å². The maximum absolute atomic E-state index is 12.6. The Labute approximate surface area is 136 Å². The molecule has 0 saturated carbocycles. The van der Waals surface area contributed by atoms with E-state index in [9.17, 15) is 9.59 Å². The van der Waals surface area contributed by atoms with Crippen molar-refractivity contribution in [3.8, 4) is 0 Å². The average Bonchev–Trinajstić information content (AvgIpc) is 2.82. The topological polar surface area (TPSA) is 52.0 Å². The van der Waals surface area contributed by atoms with Crippen molar-refractivity contribution < 1.29 is 4.79 Å². The third-order valence-corrected chi connectivity index (χ3v) is 5.06. The van der Waals surface area contributed by atoms with Crippen LogP contribution >= 0.6 is 22.9 Å². The van der Waals surface area contributed by atoms with Crippen molar-refractivity contribution in [2.24, 2.45) is 0 Å². The molecule has 0 N–H and O–H groups in total. The van der Waals surface area contributed by atoms with E-state index in [1.165, 1.54) is 24.6 Å². The lowest BCUT2D eigenvalue weighted by atomic mass is 10.2. The summed E-state index contributed by atoms with van der Waals surface area (Å²) in [5.41, 5.74) is 1.56. The third kappa shape index (κ3) is 2.58. The number of rotatable bonds is 3. The van der Waals surface area contributed by atoms with Crippen LogP contribution in [0.2, 0.25) is 5.02 Å². The molecular formula is C16H13ClN2O2S. The number of halogens is 1. The number of benzene rings is 1. The van der Waals surface area contributed by atoms with Crippen LogP contribution in [0, 0.1) is 6.92 Å². The number of thiophene rings is 1. The Balaban J connectivity index is 2.10. The lowest BCUT2D eigenvalue weighted by Crippen LogP contribution is -2.21. The molecular weight excluding hydrogens is 320 g/mol. The van der Waals surface area contributed by atoms with Crippen LogP contribution in [0.5, 0.6) is 0 Å². The second-order valence-electron chi connectivity index (χ2n) is 5.10. The normalized spacial score (nSPS) is 11.0. The summed E-state index contributed by atoms with van der Waals surface area (Å²) in [5, 5.41) is 1.19. The highest BCUT2D eigenvalue weighted by molar-refractivity contribution is 7.20. The predicted octanol–water partition coefficient (Wildman–Crippen LogP) is 3.67. The summed E-state index contributed by atoms with van der Waals surface area (Å²) in [5.74, 6) is -0.0378. The van der Waals surface area contributed by atoms with Gasteiger partial charge in [-0.3, -0.25) is 14.2 Å². The fraction of sp³-hybridized carbons (Fsp3) is 0.188. The highest BCUT2D eigenvalue weighted by Crippen LogP contribution is 2.27. The number of aryl methyl sites for hydroxylation is 1. The first-order valence-electron chi connectivity index (χ1n) is 6.71. The van der Waals surface area contributed by atoms with Crippen molar-refractivity contribution in [1.29, 1.82) is 0 Å². The first kappa shape index (κ1) is 14.9. The lowest BCUT2D eigenvalue weighted by molar-refractivity contribution is 0.102. The van der Waals surface area contributed by atoms with Crippen molar-refractivity contribution in [2.45, 2.75) is 20.4 Å². The van der Waals surface area contributed by atoms with E-state index < -0.39 is 0 Å². The van der Waals surface area contributed by atoms with Crippen molar-refractivity contribution in [3.05, 3.63) is 62.0 Å². The number of carbonyl (C=O) groups is 1. The predicted molar refractivity (Wildman–Crippen MR) is 89.2 cm³/mol. The average molecular weight is 333 g/mol. The summed E-state index contributed by atoms with van der Waals surface area (Å²) in [6.07, 6.45) is 1.53. The van der Waals surface area contributed by atoms with Gasteiger partial charge in [-0.1, -0.05) is 23.7 Å². The Hall–Kier alpha value is -1.98. The monoisotopic (exact) mass is 332 g/mol. The zero-order chi connectivity index (χ0) is 15.9. The van der Waals surface area contributed by atoms with Crippen LogP contribution in [0.3, 0.4) is 0 Å². The molecule has 0 amide bonds. The molecule has 0 spiro atoms. The highest BCUT2D eigenvalue weighted by atomic mass is 35.5. The van der Waals surface area contributed by atoms with Gasteiger partial charge in [-0.2, -0.15) is 0 Å². The SMILES string of the molecule is CC(=O)c1sc2ncn(Cc3ccc(Cl)cc3)c(=O)c2c1C. The minimum atomic E-state index is -0.124. The Kier molecular flexibility index (Phi) is 3.85. The van der Waals surface area contributed by atoms with E-state index in [-0.39, 0.29) is 11.3 Å². The molecule has 22 heavy (non-hydrogen) atoms. The number of aromatic nitrogens is 2. The van der Waals surface area contributed by atoms with Gasteiger partial charge in [-0.05, 0) is 37.1 Å². The third-order valence-electron chi connectivity index (χ3n) is 3.50. The molecule has 0 bridgehead atoms. The summed E-state index contributed by atoms with van der Waals surface area (Å²) in [6.45, 7) is 3.72. The summed E-state index contributed by atoms with van der Waals surface area (Å²) >= 11 is 7.14.